The van der Waals surface area contributed by atoms with Gasteiger partial charge < -0.3 is 5.73 Å². The molecule has 0 aliphatic rings. The number of sulfonamides is 1. The first-order valence-corrected chi connectivity index (χ1v) is 12.2. The number of nitrogens with two attached hydrogens (primary N) is 1. The third-order valence-corrected chi connectivity index (χ3v) is 6.88. The lowest BCUT2D eigenvalue weighted by atomic mass is 9.91. The summed E-state index contributed by atoms with van der Waals surface area (Å²) in [5.41, 5.74) is 11.6. The number of hydrogen-bond acceptors (Lipinski definition) is 5. The van der Waals surface area contributed by atoms with Crippen LogP contribution in [0.15, 0.2) is 53.4 Å². The average Bonchev–Trinajstić information content (AvgIpc) is 3.03. The largest absolute Gasteiger partial charge is 0.399 e. The minimum Gasteiger partial charge on any atom is -0.399 e. The first-order chi connectivity index (χ1) is 15.4. The number of aryl methyl sites for hydroxylation is 3. The lowest BCUT2D eigenvalue weighted by Crippen LogP contribution is -2.14. The van der Waals surface area contributed by atoms with Crippen LogP contribution in [-0.4, -0.2) is 23.2 Å². The van der Waals surface area contributed by atoms with Crippen molar-refractivity contribution in [1.82, 2.24) is 14.8 Å². The highest BCUT2D eigenvalue weighted by molar-refractivity contribution is 7.92. The van der Waals surface area contributed by atoms with Gasteiger partial charge in [0.2, 0.25) is 0 Å². The minimum absolute atomic E-state index is 0.0761. The molecule has 0 spiro atoms. The van der Waals surface area contributed by atoms with Gasteiger partial charge in [-0.15, -0.1) is 5.10 Å². The molecular weight excluding hydrogens is 434 g/mol. The molecule has 2 aromatic carbocycles. The monoisotopic (exact) mass is 463 g/mol. The molecule has 4 aromatic rings. The van der Waals surface area contributed by atoms with Crippen LogP contribution in [0, 0.1) is 20.8 Å². The van der Waals surface area contributed by atoms with Gasteiger partial charge in [-0.2, -0.15) is 0 Å². The van der Waals surface area contributed by atoms with Crippen molar-refractivity contribution in [3.63, 3.8) is 0 Å². The lowest BCUT2D eigenvalue weighted by Gasteiger charge is -2.18. The summed E-state index contributed by atoms with van der Waals surface area (Å²) in [6.45, 7) is 12.4. The molecule has 0 fully saturated rings. The maximum atomic E-state index is 13.1. The topological polar surface area (TPSA) is 103 Å². The number of pyridine rings is 1. The van der Waals surface area contributed by atoms with E-state index in [0.717, 1.165) is 28.1 Å². The van der Waals surface area contributed by atoms with Crippen LogP contribution in [0.1, 0.15) is 43.2 Å². The van der Waals surface area contributed by atoms with Gasteiger partial charge in [-0.3, -0.25) is 4.72 Å². The summed E-state index contributed by atoms with van der Waals surface area (Å²) in [4.78, 5) is 4.99. The molecule has 0 radical (unpaired) electrons. The highest BCUT2D eigenvalue weighted by Gasteiger charge is 2.24. The quantitative estimate of drug-likeness (QED) is 0.413. The fourth-order valence-corrected chi connectivity index (χ4v) is 5.09. The standard InChI is InChI=1S/C25H29N5O2S/c1-15-12-16(2)22(17(3)13-15)30-24-20(10-11-21(27-24)25(4,5)6)23(28-30)29-33(31,32)19-9-7-8-18(26)14-19/h7-14H,26H2,1-6H3,(H,28,29). The van der Waals surface area contributed by atoms with Crippen molar-refractivity contribution in [2.45, 2.75) is 51.9 Å². The van der Waals surface area contributed by atoms with E-state index in [9.17, 15) is 8.42 Å². The zero-order chi connectivity index (χ0) is 24.1. The number of anilines is 2. The third kappa shape index (κ3) is 4.30. The van der Waals surface area contributed by atoms with Gasteiger partial charge in [0.25, 0.3) is 10.0 Å². The molecule has 0 bridgehead atoms. The van der Waals surface area contributed by atoms with Crippen molar-refractivity contribution in [2.24, 2.45) is 0 Å². The van der Waals surface area contributed by atoms with Crippen molar-refractivity contribution >= 4 is 32.6 Å². The molecule has 8 heteroatoms. The summed E-state index contributed by atoms with van der Waals surface area (Å²) in [7, 11) is -3.90. The highest BCUT2D eigenvalue weighted by Crippen LogP contribution is 2.32. The molecule has 0 atom stereocenters. The van der Waals surface area contributed by atoms with E-state index in [-0.39, 0.29) is 16.1 Å². The van der Waals surface area contributed by atoms with Gasteiger partial charge in [0.05, 0.1) is 16.0 Å². The maximum absolute atomic E-state index is 13.1. The van der Waals surface area contributed by atoms with Crippen LogP contribution in [0.3, 0.4) is 0 Å². The second-order valence-electron chi connectivity index (χ2n) is 9.50. The number of nitrogen functional groups attached to an aromatic ring is 1. The molecule has 0 aliphatic carbocycles. The summed E-state index contributed by atoms with van der Waals surface area (Å²) in [6, 6.07) is 14.1. The number of hydrogen-bond donors (Lipinski definition) is 2. The zero-order valence-electron chi connectivity index (χ0n) is 19.8. The van der Waals surface area contributed by atoms with Gasteiger partial charge in [0, 0.05) is 16.8 Å². The normalized spacial score (nSPS) is 12.3. The molecule has 0 amide bonds. The Kier molecular flexibility index (Phi) is 5.44. The van der Waals surface area contributed by atoms with Gasteiger partial charge in [-0.1, -0.05) is 44.5 Å². The molecule has 3 N–H and O–H groups in total. The minimum atomic E-state index is -3.90. The number of nitrogens with zero attached hydrogens (tertiary/aromatic N) is 3. The molecule has 4 rings (SSSR count). The Morgan fingerprint density at radius 3 is 2.24 bits per heavy atom. The predicted molar refractivity (Wildman–Crippen MR) is 133 cm³/mol. The van der Waals surface area contributed by atoms with Crippen LogP contribution in [0.25, 0.3) is 16.7 Å². The average molecular weight is 464 g/mol. The molecule has 0 saturated carbocycles. The van der Waals surface area contributed by atoms with Crippen LogP contribution in [-0.2, 0) is 15.4 Å². The third-order valence-electron chi connectivity index (χ3n) is 5.55. The van der Waals surface area contributed by atoms with Crippen LogP contribution in [0.5, 0.6) is 0 Å². The summed E-state index contributed by atoms with van der Waals surface area (Å²) in [6.07, 6.45) is 0. The fourth-order valence-electron chi connectivity index (χ4n) is 4.02. The smallest absolute Gasteiger partial charge is 0.263 e. The van der Waals surface area contributed by atoms with Crippen LogP contribution in [0.2, 0.25) is 0 Å². The van der Waals surface area contributed by atoms with E-state index >= 15 is 0 Å². The summed E-state index contributed by atoms with van der Waals surface area (Å²) in [5, 5.41) is 5.32. The SMILES string of the molecule is Cc1cc(C)c(-n2nc(NS(=O)(=O)c3cccc(N)c3)c3ccc(C(C)(C)C)nc32)c(C)c1. The van der Waals surface area contributed by atoms with Crippen LogP contribution < -0.4 is 10.5 Å². The van der Waals surface area contributed by atoms with Gasteiger partial charge in [-0.25, -0.2) is 18.1 Å². The Labute approximate surface area is 194 Å². The van der Waals surface area contributed by atoms with Crippen molar-refractivity contribution in [3.8, 4) is 5.69 Å². The molecule has 7 nitrogen and oxygen atoms in total. The van der Waals surface area contributed by atoms with Crippen molar-refractivity contribution in [1.29, 1.82) is 0 Å². The molecule has 2 aromatic heterocycles. The lowest BCUT2D eigenvalue weighted by molar-refractivity contribution is 0.570. The first kappa shape index (κ1) is 22.8. The summed E-state index contributed by atoms with van der Waals surface area (Å²) < 4.78 is 30.6. The van der Waals surface area contributed by atoms with E-state index in [1.165, 1.54) is 12.1 Å². The van der Waals surface area contributed by atoms with Gasteiger partial charge in [0.15, 0.2) is 11.5 Å². The second-order valence-corrected chi connectivity index (χ2v) is 11.2. The van der Waals surface area contributed by atoms with E-state index in [4.69, 9.17) is 15.8 Å². The number of benzene rings is 2. The number of aromatic nitrogens is 3. The zero-order valence-corrected chi connectivity index (χ0v) is 20.6. The molecule has 0 unspecified atom stereocenters. The molecule has 33 heavy (non-hydrogen) atoms. The Morgan fingerprint density at radius 2 is 1.64 bits per heavy atom. The fraction of sp³-hybridized carbons (Fsp3) is 0.280. The summed E-state index contributed by atoms with van der Waals surface area (Å²) in [5.74, 6) is 0.222. The Bertz CT molecular complexity index is 1460. The van der Waals surface area contributed by atoms with Gasteiger partial charge in [-0.05, 0) is 62.2 Å². The van der Waals surface area contributed by atoms with Crippen LogP contribution >= 0.6 is 0 Å². The molecule has 0 saturated heterocycles. The Balaban J connectivity index is 1.96. The summed E-state index contributed by atoms with van der Waals surface area (Å²) >= 11 is 0. The molecule has 0 aliphatic heterocycles. The highest BCUT2D eigenvalue weighted by atomic mass is 32.2. The Morgan fingerprint density at radius 1 is 0.970 bits per heavy atom. The molecular formula is C25H29N5O2S. The van der Waals surface area contributed by atoms with E-state index in [1.54, 1.807) is 16.8 Å². The van der Waals surface area contributed by atoms with Crippen molar-refractivity contribution < 1.29 is 8.42 Å². The van der Waals surface area contributed by atoms with Gasteiger partial charge >= 0.3 is 0 Å². The van der Waals surface area contributed by atoms with E-state index in [2.05, 4.69) is 37.6 Å². The molecule has 172 valence electrons. The maximum Gasteiger partial charge on any atom is 0.263 e. The van der Waals surface area contributed by atoms with Crippen molar-refractivity contribution in [2.75, 3.05) is 10.5 Å². The van der Waals surface area contributed by atoms with Crippen LogP contribution in [0.4, 0.5) is 11.5 Å². The molecule has 2 heterocycles. The van der Waals surface area contributed by atoms with E-state index in [0.29, 0.717) is 16.7 Å². The first-order valence-electron chi connectivity index (χ1n) is 10.7. The van der Waals surface area contributed by atoms with Gasteiger partial charge in [0.1, 0.15) is 0 Å². The number of fused-ring (bicyclic) bond motifs is 1. The number of rotatable bonds is 4. The predicted octanol–water partition coefficient (Wildman–Crippen LogP) is 5.03. The van der Waals surface area contributed by atoms with E-state index < -0.39 is 10.0 Å². The van der Waals surface area contributed by atoms with E-state index in [1.807, 2.05) is 32.9 Å². The Hall–Kier alpha value is -3.39. The number of nitrogens with one attached hydrogen (secondary N) is 1. The van der Waals surface area contributed by atoms with Crippen molar-refractivity contribution in [3.05, 3.63) is 70.9 Å². The second kappa shape index (κ2) is 7.88.